The Morgan fingerprint density at radius 3 is 2.38 bits per heavy atom. The SMILES string of the molecule is CCOC(=O)[C@H]1[C@@H]2CC[C@H](CN1S(=O)(=O)c1ccc(Oc3ccc(OCOC)cc3)nc1)N2C(=O)OCCOC. The molecular weight excluding hydrogens is 546 g/mol. The van der Waals surface area contributed by atoms with Gasteiger partial charge in [0.25, 0.3) is 0 Å². The molecule has 0 saturated carbocycles. The molecule has 13 nitrogen and oxygen atoms in total. The van der Waals surface area contributed by atoms with E-state index in [1.54, 1.807) is 31.2 Å². The standard InChI is InChI=1S/C26H33N3O10S/c1-4-36-25(30)24-22-11-5-18(29(22)26(31)37-14-13-34-2)16-28(24)40(32,33)21-10-12-23(27-15-21)39-20-8-6-19(7-9-20)38-17-35-3/h6-10,12,15,18,22,24H,4-5,11,13-14,16-17H2,1-3H3/t18-,22+,24-/m1/s1. The second-order valence-electron chi connectivity index (χ2n) is 9.04. The highest BCUT2D eigenvalue weighted by molar-refractivity contribution is 7.89. The molecule has 2 aliphatic rings. The number of fused-ring (bicyclic) bond motifs is 2. The summed E-state index contributed by atoms with van der Waals surface area (Å²) in [6.07, 6.45) is 1.51. The van der Waals surface area contributed by atoms with Crippen LogP contribution in [0.2, 0.25) is 0 Å². The second-order valence-corrected chi connectivity index (χ2v) is 10.9. The highest BCUT2D eigenvalue weighted by Gasteiger charge is 2.55. The lowest BCUT2D eigenvalue weighted by molar-refractivity contribution is -0.151. The number of aromatic nitrogens is 1. The second kappa shape index (κ2) is 13.3. The third kappa shape index (κ3) is 6.46. The van der Waals surface area contributed by atoms with Crippen LogP contribution in [-0.2, 0) is 33.8 Å². The maximum absolute atomic E-state index is 13.8. The molecule has 3 atom stereocenters. The zero-order valence-corrected chi connectivity index (χ0v) is 23.4. The minimum atomic E-state index is -4.19. The Kier molecular flexibility index (Phi) is 9.79. The number of piperazine rings is 1. The average molecular weight is 580 g/mol. The number of carbonyl (C=O) groups is 2. The van der Waals surface area contributed by atoms with Crippen LogP contribution < -0.4 is 9.47 Å². The lowest BCUT2D eigenvalue weighted by Gasteiger charge is -2.43. The molecule has 2 saturated heterocycles. The summed E-state index contributed by atoms with van der Waals surface area (Å²) in [7, 11) is -1.17. The first kappa shape index (κ1) is 29.5. The van der Waals surface area contributed by atoms with E-state index in [9.17, 15) is 18.0 Å². The van der Waals surface area contributed by atoms with E-state index in [1.165, 1.54) is 37.4 Å². The van der Waals surface area contributed by atoms with Crippen molar-refractivity contribution in [3.63, 3.8) is 0 Å². The molecule has 2 fully saturated rings. The van der Waals surface area contributed by atoms with Crippen molar-refractivity contribution in [2.75, 3.05) is 47.4 Å². The molecule has 14 heteroatoms. The van der Waals surface area contributed by atoms with Gasteiger partial charge in [-0.25, -0.2) is 18.2 Å². The molecule has 4 rings (SSSR count). The number of amides is 1. The maximum atomic E-state index is 13.8. The number of hydrogen-bond acceptors (Lipinski definition) is 11. The molecule has 2 aromatic rings. The van der Waals surface area contributed by atoms with Crippen molar-refractivity contribution in [2.45, 2.75) is 42.8 Å². The number of carbonyl (C=O) groups excluding carboxylic acids is 2. The fraction of sp³-hybridized carbons (Fsp3) is 0.500. The lowest BCUT2D eigenvalue weighted by atomic mass is 10.1. The van der Waals surface area contributed by atoms with Crippen molar-refractivity contribution in [3.05, 3.63) is 42.6 Å². The molecule has 1 aromatic carbocycles. The Balaban J connectivity index is 1.52. The van der Waals surface area contributed by atoms with Gasteiger partial charge < -0.3 is 28.4 Å². The highest BCUT2D eigenvalue weighted by atomic mass is 32.2. The number of benzene rings is 1. The number of hydrogen-bond donors (Lipinski definition) is 0. The maximum Gasteiger partial charge on any atom is 0.410 e. The van der Waals surface area contributed by atoms with Crippen molar-refractivity contribution in [2.24, 2.45) is 0 Å². The number of pyridine rings is 1. The minimum absolute atomic E-state index is 0.0448. The molecule has 0 aliphatic carbocycles. The van der Waals surface area contributed by atoms with Gasteiger partial charge in [-0.2, -0.15) is 4.31 Å². The quantitative estimate of drug-likeness (QED) is 0.208. The van der Waals surface area contributed by atoms with Gasteiger partial charge in [0.15, 0.2) is 6.79 Å². The van der Waals surface area contributed by atoms with Crippen LogP contribution in [0.4, 0.5) is 4.79 Å². The summed E-state index contributed by atoms with van der Waals surface area (Å²) in [5.41, 5.74) is 0. The van der Waals surface area contributed by atoms with Gasteiger partial charge in [-0.15, -0.1) is 0 Å². The molecule has 3 heterocycles. The number of ether oxygens (including phenoxy) is 6. The number of sulfonamides is 1. The average Bonchev–Trinajstić information content (AvgIpc) is 3.25. The van der Waals surface area contributed by atoms with Gasteiger partial charge in [-0.3, -0.25) is 9.69 Å². The van der Waals surface area contributed by atoms with Gasteiger partial charge in [0, 0.05) is 32.9 Å². The molecular formula is C26H33N3O10S. The normalized spacial score (nSPS) is 20.7. The smallest absolute Gasteiger partial charge is 0.410 e. The summed E-state index contributed by atoms with van der Waals surface area (Å²) < 4.78 is 60.0. The van der Waals surface area contributed by atoms with E-state index in [4.69, 9.17) is 28.4 Å². The minimum Gasteiger partial charge on any atom is -0.468 e. The van der Waals surface area contributed by atoms with Crippen molar-refractivity contribution in [3.8, 4) is 17.4 Å². The number of methoxy groups -OCH3 is 2. The molecule has 0 N–H and O–H groups in total. The predicted octanol–water partition coefficient (Wildman–Crippen LogP) is 2.41. The van der Waals surface area contributed by atoms with Gasteiger partial charge in [-0.05, 0) is 50.1 Å². The van der Waals surface area contributed by atoms with Gasteiger partial charge in [-0.1, -0.05) is 0 Å². The fourth-order valence-electron chi connectivity index (χ4n) is 4.80. The van der Waals surface area contributed by atoms with Crippen LogP contribution in [0.3, 0.4) is 0 Å². The molecule has 0 spiro atoms. The third-order valence-electron chi connectivity index (χ3n) is 6.57. The summed E-state index contributed by atoms with van der Waals surface area (Å²) in [4.78, 5) is 31.4. The van der Waals surface area contributed by atoms with E-state index in [2.05, 4.69) is 4.98 Å². The van der Waals surface area contributed by atoms with Gasteiger partial charge in [0.1, 0.15) is 29.0 Å². The van der Waals surface area contributed by atoms with Crippen molar-refractivity contribution < 1.29 is 46.4 Å². The first-order valence-corrected chi connectivity index (χ1v) is 14.2. The van der Waals surface area contributed by atoms with Crippen LogP contribution in [-0.4, -0.2) is 100 Å². The molecule has 2 aliphatic heterocycles. The van der Waals surface area contributed by atoms with Crippen LogP contribution in [0.25, 0.3) is 0 Å². The van der Waals surface area contributed by atoms with Crippen molar-refractivity contribution in [1.29, 1.82) is 0 Å². The predicted molar refractivity (Wildman–Crippen MR) is 139 cm³/mol. The number of rotatable bonds is 12. The van der Waals surface area contributed by atoms with Crippen molar-refractivity contribution in [1.82, 2.24) is 14.2 Å². The van der Waals surface area contributed by atoms with Gasteiger partial charge in [0.2, 0.25) is 15.9 Å². The Morgan fingerprint density at radius 2 is 1.73 bits per heavy atom. The lowest BCUT2D eigenvalue weighted by Crippen LogP contribution is -2.65. The van der Waals surface area contributed by atoms with E-state index in [-0.39, 0.29) is 43.9 Å². The zero-order chi connectivity index (χ0) is 28.7. The van der Waals surface area contributed by atoms with Crippen LogP contribution in [0, 0.1) is 0 Å². The molecule has 40 heavy (non-hydrogen) atoms. The summed E-state index contributed by atoms with van der Waals surface area (Å²) in [5.74, 6) is 0.518. The van der Waals surface area contributed by atoms with Gasteiger partial charge in [0.05, 0.1) is 25.5 Å². The van der Waals surface area contributed by atoms with Crippen molar-refractivity contribution >= 4 is 22.1 Å². The Hall–Kier alpha value is -3.46. The van der Waals surface area contributed by atoms with E-state index in [0.29, 0.717) is 24.3 Å². The van der Waals surface area contributed by atoms with Gasteiger partial charge >= 0.3 is 12.1 Å². The molecule has 2 bridgehead atoms. The molecule has 1 aromatic heterocycles. The van der Waals surface area contributed by atoms with Crippen LogP contribution >= 0.6 is 0 Å². The Bertz CT molecular complexity index is 1260. The summed E-state index contributed by atoms with van der Waals surface area (Å²) >= 11 is 0. The molecule has 1 amide bonds. The summed E-state index contributed by atoms with van der Waals surface area (Å²) in [6.45, 7) is 1.99. The summed E-state index contributed by atoms with van der Waals surface area (Å²) in [6, 6.07) is 7.14. The summed E-state index contributed by atoms with van der Waals surface area (Å²) in [5, 5.41) is 0. The van der Waals surface area contributed by atoms with E-state index in [1.807, 2.05) is 0 Å². The topological polar surface area (TPSA) is 143 Å². The molecule has 218 valence electrons. The highest BCUT2D eigenvalue weighted by Crippen LogP contribution is 2.38. The van der Waals surface area contributed by atoms with Crippen LogP contribution in [0.1, 0.15) is 19.8 Å². The third-order valence-corrected chi connectivity index (χ3v) is 8.40. The van der Waals surface area contributed by atoms with E-state index in [0.717, 1.165) is 4.31 Å². The van der Waals surface area contributed by atoms with E-state index >= 15 is 0 Å². The molecule has 0 unspecified atom stereocenters. The number of nitrogens with zero attached hydrogens (tertiary/aromatic N) is 3. The first-order valence-electron chi connectivity index (χ1n) is 12.8. The van der Waals surface area contributed by atoms with Crippen LogP contribution in [0.15, 0.2) is 47.5 Å². The Labute approximate surface area is 232 Å². The number of esters is 1. The monoisotopic (exact) mass is 579 g/mol. The molecule has 0 radical (unpaired) electrons. The largest absolute Gasteiger partial charge is 0.468 e. The van der Waals surface area contributed by atoms with Crippen LogP contribution in [0.5, 0.6) is 17.4 Å². The Morgan fingerprint density at radius 1 is 0.975 bits per heavy atom. The first-order chi connectivity index (χ1) is 19.3. The zero-order valence-electron chi connectivity index (χ0n) is 22.6. The fourth-order valence-corrected chi connectivity index (χ4v) is 6.39. The van der Waals surface area contributed by atoms with E-state index < -0.39 is 40.2 Å².